The molecule has 0 atom stereocenters. The predicted octanol–water partition coefficient (Wildman–Crippen LogP) is 1.26. The van der Waals surface area contributed by atoms with Gasteiger partial charge in [0.25, 0.3) is 0 Å². The highest BCUT2D eigenvalue weighted by Crippen LogP contribution is 2.24. The van der Waals surface area contributed by atoms with Crippen LogP contribution in [0.4, 0.5) is 5.82 Å². The third-order valence-electron chi connectivity index (χ3n) is 2.62. The molecule has 0 radical (unpaired) electrons. The number of nitrogens with two attached hydrogens (primary N) is 1. The lowest BCUT2D eigenvalue weighted by Crippen LogP contribution is -2.17. The first kappa shape index (κ1) is 9.40. The largest absolute Gasteiger partial charge is 0.383 e. The van der Waals surface area contributed by atoms with E-state index < -0.39 is 0 Å². The molecule has 0 unspecified atom stereocenters. The Kier molecular flexibility index (Phi) is 2.63. The third kappa shape index (κ3) is 1.85. The Balaban J connectivity index is 2.18. The van der Waals surface area contributed by atoms with Crippen molar-refractivity contribution in [1.29, 1.82) is 0 Å². The Labute approximate surface area is 83.5 Å². The zero-order valence-corrected chi connectivity index (χ0v) is 8.36. The van der Waals surface area contributed by atoms with Gasteiger partial charge in [0.15, 0.2) is 0 Å². The van der Waals surface area contributed by atoms with Crippen molar-refractivity contribution in [3.63, 3.8) is 0 Å². The van der Waals surface area contributed by atoms with E-state index in [2.05, 4.69) is 9.97 Å². The van der Waals surface area contributed by atoms with Gasteiger partial charge in [0, 0.05) is 30.9 Å². The first-order valence-electron chi connectivity index (χ1n) is 4.94. The molecule has 0 aromatic carbocycles. The lowest BCUT2D eigenvalue weighted by molar-refractivity contribution is 0.0836. The molecule has 1 saturated heterocycles. The van der Waals surface area contributed by atoms with Gasteiger partial charge in [0.05, 0.1) is 0 Å². The van der Waals surface area contributed by atoms with Crippen molar-refractivity contribution >= 4 is 5.82 Å². The van der Waals surface area contributed by atoms with Gasteiger partial charge in [-0.15, -0.1) is 0 Å². The number of ether oxygens (including phenoxy) is 1. The van der Waals surface area contributed by atoms with E-state index in [1.54, 1.807) is 6.20 Å². The maximum Gasteiger partial charge on any atom is 0.133 e. The SMILES string of the molecule is Cc1cnc(C2CCOCC2)nc1N. The number of rotatable bonds is 1. The van der Waals surface area contributed by atoms with E-state index in [4.69, 9.17) is 10.5 Å². The van der Waals surface area contributed by atoms with Crippen LogP contribution in [0.15, 0.2) is 6.20 Å². The van der Waals surface area contributed by atoms with Gasteiger partial charge in [-0.3, -0.25) is 0 Å². The summed E-state index contributed by atoms with van der Waals surface area (Å²) in [4.78, 5) is 8.62. The molecule has 0 bridgehead atoms. The maximum absolute atomic E-state index is 5.74. The molecule has 0 amide bonds. The van der Waals surface area contributed by atoms with Gasteiger partial charge in [-0.25, -0.2) is 9.97 Å². The highest BCUT2D eigenvalue weighted by atomic mass is 16.5. The molecule has 1 aromatic rings. The molecule has 4 nitrogen and oxygen atoms in total. The fourth-order valence-corrected chi connectivity index (χ4v) is 1.62. The molecule has 2 N–H and O–H groups in total. The molecule has 2 heterocycles. The van der Waals surface area contributed by atoms with E-state index in [1.807, 2.05) is 6.92 Å². The molecule has 1 fully saturated rings. The van der Waals surface area contributed by atoms with E-state index in [0.717, 1.165) is 37.4 Å². The van der Waals surface area contributed by atoms with E-state index in [1.165, 1.54) is 0 Å². The van der Waals surface area contributed by atoms with Gasteiger partial charge in [0.2, 0.25) is 0 Å². The van der Waals surface area contributed by atoms with Gasteiger partial charge in [-0.1, -0.05) is 0 Å². The molecule has 14 heavy (non-hydrogen) atoms. The molecule has 0 spiro atoms. The molecule has 1 aromatic heterocycles. The summed E-state index contributed by atoms with van der Waals surface area (Å²) in [7, 11) is 0. The minimum absolute atomic E-state index is 0.423. The van der Waals surface area contributed by atoms with Crippen molar-refractivity contribution in [1.82, 2.24) is 9.97 Å². The van der Waals surface area contributed by atoms with Gasteiger partial charge < -0.3 is 10.5 Å². The second-order valence-corrected chi connectivity index (χ2v) is 3.68. The van der Waals surface area contributed by atoms with Crippen LogP contribution in [0.25, 0.3) is 0 Å². The number of hydrogen-bond donors (Lipinski definition) is 1. The van der Waals surface area contributed by atoms with E-state index in [0.29, 0.717) is 11.7 Å². The Hall–Kier alpha value is -1.16. The molecule has 1 aliphatic rings. The summed E-state index contributed by atoms with van der Waals surface area (Å²) in [5.41, 5.74) is 6.69. The lowest BCUT2D eigenvalue weighted by atomic mass is 9.99. The third-order valence-corrected chi connectivity index (χ3v) is 2.62. The quantitative estimate of drug-likeness (QED) is 0.729. The second kappa shape index (κ2) is 3.92. The van der Waals surface area contributed by atoms with Crippen molar-refractivity contribution in [2.75, 3.05) is 18.9 Å². The Bertz CT molecular complexity index is 321. The van der Waals surface area contributed by atoms with Crippen LogP contribution in [0.5, 0.6) is 0 Å². The van der Waals surface area contributed by atoms with Crippen LogP contribution in [0.3, 0.4) is 0 Å². The summed E-state index contributed by atoms with van der Waals surface area (Å²) < 4.78 is 5.29. The summed E-state index contributed by atoms with van der Waals surface area (Å²) in [6.45, 7) is 3.53. The molecule has 1 aliphatic heterocycles. The fraction of sp³-hybridized carbons (Fsp3) is 0.600. The van der Waals surface area contributed by atoms with Gasteiger partial charge in [0.1, 0.15) is 11.6 Å². The number of nitrogens with zero attached hydrogens (tertiary/aromatic N) is 2. The summed E-state index contributed by atoms with van der Waals surface area (Å²) >= 11 is 0. The number of hydrogen-bond acceptors (Lipinski definition) is 4. The average molecular weight is 193 g/mol. The van der Waals surface area contributed by atoms with Gasteiger partial charge in [-0.2, -0.15) is 0 Å². The zero-order chi connectivity index (χ0) is 9.97. The lowest BCUT2D eigenvalue weighted by Gasteiger charge is -2.20. The highest BCUT2D eigenvalue weighted by molar-refractivity contribution is 5.36. The highest BCUT2D eigenvalue weighted by Gasteiger charge is 2.18. The first-order valence-corrected chi connectivity index (χ1v) is 4.94. The smallest absolute Gasteiger partial charge is 0.133 e. The summed E-state index contributed by atoms with van der Waals surface area (Å²) in [6, 6.07) is 0. The molecular weight excluding hydrogens is 178 g/mol. The Morgan fingerprint density at radius 2 is 2.14 bits per heavy atom. The summed E-state index contributed by atoms with van der Waals surface area (Å²) in [5.74, 6) is 1.89. The van der Waals surface area contributed by atoms with Crippen LogP contribution >= 0.6 is 0 Å². The number of aromatic nitrogens is 2. The topological polar surface area (TPSA) is 61.0 Å². The molecule has 76 valence electrons. The first-order chi connectivity index (χ1) is 6.77. The van der Waals surface area contributed by atoms with E-state index >= 15 is 0 Å². The van der Waals surface area contributed by atoms with Crippen LogP contribution in [-0.4, -0.2) is 23.2 Å². The van der Waals surface area contributed by atoms with Gasteiger partial charge >= 0.3 is 0 Å². The summed E-state index contributed by atoms with van der Waals surface area (Å²) in [6.07, 6.45) is 3.80. The monoisotopic (exact) mass is 193 g/mol. The Morgan fingerprint density at radius 1 is 1.43 bits per heavy atom. The molecule has 2 rings (SSSR count). The number of nitrogen functional groups attached to an aromatic ring is 1. The number of anilines is 1. The fourth-order valence-electron chi connectivity index (χ4n) is 1.62. The van der Waals surface area contributed by atoms with Crippen molar-refractivity contribution in [2.24, 2.45) is 0 Å². The van der Waals surface area contributed by atoms with Crippen molar-refractivity contribution in [3.8, 4) is 0 Å². The van der Waals surface area contributed by atoms with Gasteiger partial charge in [-0.05, 0) is 19.8 Å². The molecular formula is C10H15N3O. The van der Waals surface area contributed by atoms with Crippen LogP contribution in [-0.2, 0) is 4.74 Å². The minimum Gasteiger partial charge on any atom is -0.383 e. The summed E-state index contributed by atoms with van der Waals surface area (Å²) in [5, 5.41) is 0. The molecule has 4 heteroatoms. The molecule has 0 saturated carbocycles. The average Bonchev–Trinajstić information content (AvgIpc) is 2.23. The van der Waals surface area contributed by atoms with Crippen molar-refractivity contribution in [2.45, 2.75) is 25.7 Å². The number of aryl methyl sites for hydroxylation is 1. The standard InChI is InChI=1S/C10H15N3O/c1-7-6-12-10(13-9(7)11)8-2-4-14-5-3-8/h6,8H,2-5H2,1H3,(H2,11,12,13). The van der Waals surface area contributed by atoms with Crippen molar-refractivity contribution in [3.05, 3.63) is 17.6 Å². The van der Waals surface area contributed by atoms with Crippen LogP contribution in [0.2, 0.25) is 0 Å². The predicted molar refractivity (Wildman–Crippen MR) is 54.0 cm³/mol. The van der Waals surface area contributed by atoms with Crippen LogP contribution in [0, 0.1) is 6.92 Å². The van der Waals surface area contributed by atoms with Crippen molar-refractivity contribution < 1.29 is 4.74 Å². The van der Waals surface area contributed by atoms with Crippen LogP contribution in [0.1, 0.15) is 30.1 Å². The van der Waals surface area contributed by atoms with E-state index in [-0.39, 0.29) is 0 Å². The van der Waals surface area contributed by atoms with Crippen LogP contribution < -0.4 is 5.73 Å². The Morgan fingerprint density at radius 3 is 2.79 bits per heavy atom. The zero-order valence-electron chi connectivity index (χ0n) is 8.36. The minimum atomic E-state index is 0.423. The second-order valence-electron chi connectivity index (χ2n) is 3.68. The normalized spacial score (nSPS) is 18.4. The molecule has 0 aliphatic carbocycles. The van der Waals surface area contributed by atoms with E-state index in [9.17, 15) is 0 Å². The maximum atomic E-state index is 5.74.